The Morgan fingerprint density at radius 2 is 1.19 bits per heavy atom. The van der Waals surface area contributed by atoms with Crippen LogP contribution in [0.4, 0.5) is 0 Å². The van der Waals surface area contributed by atoms with E-state index in [9.17, 15) is 38.1 Å². The number of carbonyl (C=O) groups is 4. The number of carbonyl (C=O) groups excluding carboxylic acids is 4. The fourth-order valence-electron chi connectivity index (χ4n) is 4.95. The predicted molar refractivity (Wildman–Crippen MR) is 190 cm³/mol. The van der Waals surface area contributed by atoms with Gasteiger partial charge in [-0.05, 0) is 73.1 Å². The van der Waals surface area contributed by atoms with Crippen LogP contribution in [-0.2, 0) is 60.6 Å². The van der Waals surface area contributed by atoms with E-state index < -0.39 is 83.3 Å². The first-order chi connectivity index (χ1) is 24.1. The van der Waals surface area contributed by atoms with Crippen molar-refractivity contribution in [2.45, 2.75) is 131 Å². The number of phosphoric ester groups is 2. The van der Waals surface area contributed by atoms with Gasteiger partial charge in [-0.1, -0.05) is 46.6 Å². The van der Waals surface area contributed by atoms with Crippen LogP contribution in [0.15, 0.2) is 46.6 Å². The summed E-state index contributed by atoms with van der Waals surface area (Å²) < 4.78 is 61.1. The third-order valence-corrected chi connectivity index (χ3v) is 9.94. The average molecular weight is 780 g/mol. The average Bonchev–Trinajstić information content (AvgIpc) is 2.97. The van der Waals surface area contributed by atoms with Gasteiger partial charge >= 0.3 is 33.6 Å². The molecular weight excluding hydrogens is 724 g/mol. The molecule has 1 aliphatic rings. The second kappa shape index (κ2) is 23.0. The fourth-order valence-corrected chi connectivity index (χ4v) is 7.04. The Kier molecular flexibility index (Phi) is 20.8. The first-order valence-electron chi connectivity index (χ1n) is 16.8. The zero-order valence-corrected chi connectivity index (χ0v) is 33.2. The minimum Gasteiger partial charge on any atom is -0.463 e. The first kappa shape index (κ1) is 47.1. The molecule has 0 aliphatic carbocycles. The normalized spacial score (nSPS) is 23.4. The van der Waals surface area contributed by atoms with Crippen LogP contribution in [0.1, 0.15) is 101 Å². The minimum absolute atomic E-state index is 0.448. The third-order valence-electron chi connectivity index (χ3n) is 7.34. The molecule has 1 rings (SSSR count). The van der Waals surface area contributed by atoms with Gasteiger partial charge in [0.1, 0.15) is 18.8 Å². The number of ether oxygens (including phenoxy) is 4. The number of hydrogen-bond donors (Lipinski definition) is 3. The van der Waals surface area contributed by atoms with Gasteiger partial charge in [0.2, 0.25) is 5.91 Å². The van der Waals surface area contributed by atoms with Crippen molar-refractivity contribution in [3.05, 3.63) is 46.6 Å². The topological polar surface area (TPSA) is 220 Å². The molecule has 1 amide bonds. The monoisotopic (exact) mass is 779 g/mol. The summed E-state index contributed by atoms with van der Waals surface area (Å²) in [5, 5.41) is 2.32. The minimum atomic E-state index is -5.56. The second-order valence-electron chi connectivity index (χ2n) is 12.7. The molecule has 0 spiro atoms. The molecular formula is C34H55NO15P2. The number of allylic oxidation sites excluding steroid dienone is 7. The van der Waals surface area contributed by atoms with Crippen molar-refractivity contribution < 1.29 is 70.4 Å². The van der Waals surface area contributed by atoms with Crippen LogP contribution in [-0.4, -0.2) is 77.5 Å². The SMILES string of the molecule is CC(=O)NC1[C@@H](OP(=O)(O)OP(=O)(O)OC/C=C(/C)CC/C=C(/C)CC/C=C(/C)CCC=C(C)C)OC(COC(C)=O)[C@@H](OC(C)=O)[C@@H]1OC(C)=O. The van der Waals surface area contributed by atoms with Gasteiger partial charge in [-0.15, -0.1) is 0 Å². The zero-order chi connectivity index (χ0) is 39.6. The lowest BCUT2D eigenvalue weighted by atomic mass is 9.96. The molecule has 4 unspecified atom stereocenters. The summed E-state index contributed by atoms with van der Waals surface area (Å²) in [6.07, 6.45) is 6.83. The summed E-state index contributed by atoms with van der Waals surface area (Å²) in [5.74, 6) is -3.32. The molecule has 0 aromatic heterocycles. The lowest BCUT2D eigenvalue weighted by molar-refractivity contribution is -0.259. The maximum Gasteiger partial charge on any atom is 0.483 e. The van der Waals surface area contributed by atoms with E-state index in [4.69, 9.17) is 28.0 Å². The molecule has 0 aromatic carbocycles. The molecule has 0 aromatic rings. The number of hydrogen-bond acceptors (Lipinski definition) is 13. The van der Waals surface area contributed by atoms with Crippen LogP contribution >= 0.6 is 15.6 Å². The Morgan fingerprint density at radius 1 is 0.692 bits per heavy atom. The highest BCUT2D eigenvalue weighted by Gasteiger charge is 2.53. The molecule has 1 heterocycles. The first-order valence-corrected chi connectivity index (χ1v) is 19.8. The molecule has 0 saturated carbocycles. The Bertz CT molecular complexity index is 1450. The van der Waals surface area contributed by atoms with Crippen LogP contribution in [0.3, 0.4) is 0 Å². The van der Waals surface area contributed by atoms with Crippen molar-refractivity contribution >= 4 is 39.5 Å². The lowest BCUT2D eigenvalue weighted by Gasteiger charge is -2.44. The Morgan fingerprint density at radius 3 is 1.67 bits per heavy atom. The molecule has 3 N–H and O–H groups in total. The summed E-state index contributed by atoms with van der Waals surface area (Å²) in [6, 6.07) is -1.64. The van der Waals surface area contributed by atoms with Crippen LogP contribution in [0, 0.1) is 0 Å². The summed E-state index contributed by atoms with van der Waals surface area (Å²) in [4.78, 5) is 68.1. The fraction of sp³-hybridized carbons (Fsp3) is 0.647. The quantitative estimate of drug-likeness (QED) is 0.0523. The summed E-state index contributed by atoms with van der Waals surface area (Å²) in [5.41, 5.74) is 4.75. The molecule has 18 heteroatoms. The Hall–Kier alpha value is -2.94. The van der Waals surface area contributed by atoms with E-state index in [-0.39, 0.29) is 0 Å². The Labute approximate surface area is 306 Å². The molecule has 52 heavy (non-hydrogen) atoms. The number of phosphoric acid groups is 2. The van der Waals surface area contributed by atoms with Gasteiger partial charge < -0.3 is 34.1 Å². The van der Waals surface area contributed by atoms with Gasteiger partial charge in [0.15, 0.2) is 18.5 Å². The zero-order valence-electron chi connectivity index (χ0n) is 31.4. The third kappa shape index (κ3) is 20.3. The van der Waals surface area contributed by atoms with Gasteiger partial charge in [-0.2, -0.15) is 4.31 Å². The number of esters is 3. The smallest absolute Gasteiger partial charge is 0.463 e. The van der Waals surface area contributed by atoms with Crippen LogP contribution < -0.4 is 5.32 Å². The number of nitrogens with one attached hydrogen (secondary N) is 1. The van der Waals surface area contributed by atoms with E-state index in [1.807, 2.05) is 0 Å². The van der Waals surface area contributed by atoms with E-state index in [1.165, 1.54) is 22.8 Å². The van der Waals surface area contributed by atoms with E-state index in [2.05, 4.69) is 55.6 Å². The molecule has 16 nitrogen and oxygen atoms in total. The highest BCUT2D eigenvalue weighted by Crippen LogP contribution is 2.61. The largest absolute Gasteiger partial charge is 0.483 e. The standard InChI is InChI=1S/C34H55NO15P2/c1-22(2)13-10-14-23(3)15-11-16-24(4)17-12-18-25(5)19-20-45-51(40,41)50-52(42,43)49-34-31(35-26(6)36)33(47-29(9)39)32(46-28(8)38)30(48-34)21-44-27(7)37/h13,15,17,19,30-34H,10-12,14,16,18,20-21H2,1-9H3,(H,35,36)(H,40,41)(H,42,43)/b23-15-,24-17-,25-19-/t30?,31?,32-,33-,34-/m1/s1. The van der Waals surface area contributed by atoms with Gasteiger partial charge in [-0.3, -0.25) is 28.2 Å². The summed E-state index contributed by atoms with van der Waals surface area (Å²) >= 11 is 0. The maximum atomic E-state index is 13.0. The van der Waals surface area contributed by atoms with Crippen molar-refractivity contribution in [1.29, 1.82) is 0 Å². The summed E-state index contributed by atoms with van der Waals surface area (Å²) in [6.45, 7) is 13.3. The highest BCUT2D eigenvalue weighted by molar-refractivity contribution is 7.61. The maximum absolute atomic E-state index is 13.0. The molecule has 0 bridgehead atoms. The molecule has 0 radical (unpaired) electrons. The molecule has 1 saturated heterocycles. The van der Waals surface area contributed by atoms with Gasteiger partial charge in [0.05, 0.1) is 6.61 Å². The van der Waals surface area contributed by atoms with Crippen molar-refractivity contribution in [1.82, 2.24) is 5.32 Å². The Balaban J connectivity index is 2.92. The van der Waals surface area contributed by atoms with Crippen molar-refractivity contribution in [2.24, 2.45) is 0 Å². The van der Waals surface area contributed by atoms with Crippen molar-refractivity contribution in [3.63, 3.8) is 0 Å². The molecule has 296 valence electrons. The van der Waals surface area contributed by atoms with E-state index in [0.717, 1.165) is 65.4 Å². The van der Waals surface area contributed by atoms with E-state index in [1.54, 1.807) is 6.92 Å². The van der Waals surface area contributed by atoms with E-state index >= 15 is 0 Å². The van der Waals surface area contributed by atoms with E-state index in [0.29, 0.717) is 6.42 Å². The molecule has 1 fully saturated rings. The molecule has 1 aliphatic heterocycles. The van der Waals surface area contributed by atoms with Gasteiger partial charge in [0.25, 0.3) is 0 Å². The second-order valence-corrected chi connectivity index (χ2v) is 15.7. The van der Waals surface area contributed by atoms with Crippen LogP contribution in [0.25, 0.3) is 0 Å². The number of rotatable bonds is 21. The predicted octanol–water partition coefficient (Wildman–Crippen LogP) is 6.04. The van der Waals surface area contributed by atoms with Crippen molar-refractivity contribution in [3.8, 4) is 0 Å². The van der Waals surface area contributed by atoms with Gasteiger partial charge in [-0.25, -0.2) is 9.13 Å². The van der Waals surface area contributed by atoms with Crippen molar-refractivity contribution in [2.75, 3.05) is 13.2 Å². The van der Waals surface area contributed by atoms with Gasteiger partial charge in [0, 0.05) is 27.7 Å². The summed E-state index contributed by atoms with van der Waals surface area (Å²) in [7, 11) is -10.8. The number of amides is 1. The lowest BCUT2D eigenvalue weighted by Crippen LogP contribution is -2.66. The highest BCUT2D eigenvalue weighted by atomic mass is 31.3. The van der Waals surface area contributed by atoms with Crippen LogP contribution in [0.5, 0.6) is 0 Å². The molecule has 7 atom stereocenters. The van der Waals surface area contributed by atoms with Crippen LogP contribution in [0.2, 0.25) is 0 Å².